The van der Waals surface area contributed by atoms with Crippen LogP contribution in [0.3, 0.4) is 0 Å². The number of halogens is 6. The average Bonchev–Trinajstić information content (AvgIpc) is 2.63. The minimum atomic E-state index is -2.48. The van der Waals surface area contributed by atoms with Crippen molar-refractivity contribution in [1.82, 2.24) is 4.98 Å². The van der Waals surface area contributed by atoms with E-state index in [9.17, 15) is 31.1 Å². The molecule has 0 saturated carbocycles. The highest BCUT2D eigenvalue weighted by Crippen LogP contribution is 2.39. The number of pyridine rings is 1. The Kier molecular flexibility index (Phi) is 6.89. The lowest BCUT2D eigenvalue weighted by molar-refractivity contribution is 0.0995. The summed E-state index contributed by atoms with van der Waals surface area (Å²) in [4.78, 5) is 14.8. The number of primary amides is 1. The third-order valence-corrected chi connectivity index (χ3v) is 4.78. The van der Waals surface area contributed by atoms with Crippen molar-refractivity contribution in [2.24, 2.45) is 5.73 Å². The van der Waals surface area contributed by atoms with Crippen molar-refractivity contribution in [3.8, 4) is 0 Å². The van der Waals surface area contributed by atoms with Gasteiger partial charge in [0, 0.05) is 23.9 Å². The maximum atomic E-state index is 14.2. The highest BCUT2D eigenvalue weighted by molar-refractivity contribution is 7.99. The molecule has 0 spiro atoms. The van der Waals surface area contributed by atoms with Gasteiger partial charge in [-0.05, 0) is 23.8 Å². The van der Waals surface area contributed by atoms with Crippen LogP contribution in [0.4, 0.5) is 26.3 Å². The second-order valence-electron chi connectivity index (χ2n) is 5.26. The summed E-state index contributed by atoms with van der Waals surface area (Å²) in [6.07, 6.45) is -2.07. The predicted molar refractivity (Wildman–Crippen MR) is 88.3 cm³/mol. The molecular weight excluding hydrogens is 394 g/mol. The van der Waals surface area contributed by atoms with Crippen LogP contribution in [0.5, 0.6) is 0 Å². The summed E-state index contributed by atoms with van der Waals surface area (Å²) in [5.41, 5.74) is 4.44. The number of amides is 1. The first-order valence-corrected chi connectivity index (χ1v) is 8.47. The van der Waals surface area contributed by atoms with E-state index in [1.54, 1.807) is 0 Å². The van der Waals surface area contributed by atoms with Crippen LogP contribution in [-0.4, -0.2) is 16.6 Å². The number of allylic oxidation sites excluding steroid dienone is 1. The molecule has 0 aliphatic carbocycles. The summed E-state index contributed by atoms with van der Waals surface area (Å²) in [5.74, 6) is -6.60. The Labute approximate surface area is 154 Å². The molecule has 1 unspecified atom stereocenters. The van der Waals surface area contributed by atoms with E-state index in [0.29, 0.717) is 23.9 Å². The topological polar surface area (TPSA) is 56.0 Å². The number of nitrogens with two attached hydrogens (primary N) is 1. The normalized spacial score (nSPS) is 11.9. The van der Waals surface area contributed by atoms with E-state index < -0.39 is 52.5 Å². The molecule has 2 N–H and O–H groups in total. The predicted octanol–water partition coefficient (Wildman–Crippen LogP) is 4.89. The molecule has 0 fully saturated rings. The molecule has 3 nitrogen and oxygen atoms in total. The second-order valence-corrected chi connectivity index (χ2v) is 6.48. The van der Waals surface area contributed by atoms with Crippen LogP contribution in [0.2, 0.25) is 0 Å². The molecule has 0 aliphatic heterocycles. The zero-order valence-corrected chi connectivity index (χ0v) is 14.3. The summed E-state index contributed by atoms with van der Waals surface area (Å²) >= 11 is 0.714. The van der Waals surface area contributed by atoms with E-state index in [1.165, 1.54) is 12.1 Å². The van der Waals surface area contributed by atoms with Gasteiger partial charge in [0.25, 0.3) is 5.91 Å². The van der Waals surface area contributed by atoms with Crippen LogP contribution in [0.25, 0.3) is 0 Å². The molecule has 10 heteroatoms. The fourth-order valence-corrected chi connectivity index (χ4v) is 3.44. The van der Waals surface area contributed by atoms with Gasteiger partial charge in [0.2, 0.25) is 0 Å². The van der Waals surface area contributed by atoms with E-state index in [-0.39, 0.29) is 17.0 Å². The van der Waals surface area contributed by atoms with Crippen molar-refractivity contribution in [2.75, 3.05) is 5.75 Å². The molecule has 1 amide bonds. The fraction of sp³-hybridized carbons (Fsp3) is 0.176. The molecule has 0 bridgehead atoms. The fourth-order valence-electron chi connectivity index (χ4n) is 2.20. The van der Waals surface area contributed by atoms with Crippen molar-refractivity contribution in [3.05, 3.63) is 76.6 Å². The minimum absolute atomic E-state index is 0.115. The van der Waals surface area contributed by atoms with Crippen molar-refractivity contribution >= 4 is 17.7 Å². The second kappa shape index (κ2) is 8.94. The monoisotopic (exact) mass is 406 g/mol. The molecule has 0 aliphatic rings. The lowest BCUT2D eigenvalue weighted by Crippen LogP contribution is -2.13. The Morgan fingerprint density at radius 1 is 1.07 bits per heavy atom. The first-order chi connectivity index (χ1) is 12.7. The first kappa shape index (κ1) is 20.8. The molecule has 0 saturated heterocycles. The van der Waals surface area contributed by atoms with Crippen LogP contribution >= 0.6 is 11.8 Å². The Balaban J connectivity index is 2.41. The maximum Gasteiger partial charge on any atom is 0.301 e. The number of carbonyl (C=O) groups is 1. The van der Waals surface area contributed by atoms with Crippen LogP contribution in [0, 0.1) is 17.5 Å². The molecule has 1 aromatic carbocycles. The van der Waals surface area contributed by atoms with E-state index >= 15 is 0 Å². The van der Waals surface area contributed by atoms with Crippen molar-refractivity contribution in [1.29, 1.82) is 0 Å². The Hall–Kier alpha value is -2.49. The third-order valence-electron chi connectivity index (χ3n) is 3.49. The highest BCUT2D eigenvalue weighted by Gasteiger charge is 2.26. The summed E-state index contributed by atoms with van der Waals surface area (Å²) in [7, 11) is 0. The van der Waals surface area contributed by atoms with E-state index in [0.717, 1.165) is 6.20 Å². The quantitative estimate of drug-likeness (QED) is 0.526. The van der Waals surface area contributed by atoms with Crippen molar-refractivity contribution in [3.63, 3.8) is 0 Å². The molecule has 2 aromatic rings. The number of thioether (sulfide) groups is 1. The molecule has 144 valence electrons. The summed E-state index contributed by atoms with van der Waals surface area (Å²) < 4.78 is 79.3. The number of nitrogens with zero attached hydrogens (tertiary/aromatic N) is 1. The number of benzene rings is 1. The number of aromatic nitrogens is 1. The van der Waals surface area contributed by atoms with E-state index in [1.807, 2.05) is 0 Å². The lowest BCUT2D eigenvalue weighted by Gasteiger charge is -2.19. The van der Waals surface area contributed by atoms with Gasteiger partial charge in [0.05, 0.1) is 5.25 Å². The van der Waals surface area contributed by atoms with Gasteiger partial charge in [-0.25, -0.2) is 17.6 Å². The zero-order valence-electron chi connectivity index (χ0n) is 13.5. The van der Waals surface area contributed by atoms with Crippen molar-refractivity contribution < 1.29 is 31.1 Å². The molecule has 1 heterocycles. The van der Waals surface area contributed by atoms with Crippen molar-refractivity contribution in [2.45, 2.75) is 11.7 Å². The smallest absolute Gasteiger partial charge is 0.301 e. The molecule has 27 heavy (non-hydrogen) atoms. The number of carbonyl (C=O) groups excluding carboxylic acids is 1. The zero-order chi connectivity index (χ0) is 20.1. The van der Waals surface area contributed by atoms with Gasteiger partial charge in [0.1, 0.15) is 11.5 Å². The first-order valence-electron chi connectivity index (χ1n) is 7.42. The third kappa shape index (κ3) is 5.03. The highest BCUT2D eigenvalue weighted by atomic mass is 32.2. The molecular formula is C17H12F6N2OS. The van der Waals surface area contributed by atoms with Gasteiger partial charge in [-0.3, -0.25) is 9.78 Å². The lowest BCUT2D eigenvalue weighted by atomic mass is 10.0. The molecule has 1 aromatic heterocycles. The largest absolute Gasteiger partial charge is 0.364 e. The van der Waals surface area contributed by atoms with Gasteiger partial charge < -0.3 is 5.73 Å². The Morgan fingerprint density at radius 2 is 1.74 bits per heavy atom. The summed E-state index contributed by atoms with van der Waals surface area (Å²) in [6.45, 7) is 0. The van der Waals surface area contributed by atoms with E-state index in [4.69, 9.17) is 5.73 Å². The maximum absolute atomic E-state index is 14.2. The number of hydrogen-bond donors (Lipinski definition) is 1. The standard InChI is InChI=1S/C17H12F6N2OS/c18-9-2-3-10(19)14(21)13(9)15(27-6-5-11(20)16(22)23)8-1-4-12(17(24)26)25-7-8/h1-4,7,15H,5-6H2,(H2,24,26). The Morgan fingerprint density at radius 3 is 2.30 bits per heavy atom. The number of rotatable bonds is 7. The SMILES string of the molecule is NC(=O)c1ccc(C(SCCC(F)=C(F)F)c2c(F)ccc(F)c2F)cn1. The van der Waals surface area contributed by atoms with E-state index in [2.05, 4.69) is 4.98 Å². The van der Waals surface area contributed by atoms with Gasteiger partial charge in [0.15, 0.2) is 17.5 Å². The Bertz CT molecular complexity index is 868. The van der Waals surface area contributed by atoms with Crippen LogP contribution < -0.4 is 5.73 Å². The van der Waals surface area contributed by atoms with Gasteiger partial charge >= 0.3 is 6.08 Å². The van der Waals surface area contributed by atoms with Crippen LogP contribution in [0.1, 0.15) is 33.3 Å². The molecule has 0 radical (unpaired) electrons. The molecule has 2 rings (SSSR count). The summed E-state index contributed by atoms with van der Waals surface area (Å²) in [5, 5.41) is -1.22. The van der Waals surface area contributed by atoms with Gasteiger partial charge in [-0.1, -0.05) is 6.07 Å². The summed E-state index contributed by atoms with van der Waals surface area (Å²) in [6, 6.07) is 3.80. The van der Waals surface area contributed by atoms with Gasteiger partial charge in [-0.2, -0.15) is 8.78 Å². The van der Waals surface area contributed by atoms with Gasteiger partial charge in [-0.15, -0.1) is 11.8 Å². The average molecular weight is 406 g/mol. The number of hydrogen-bond acceptors (Lipinski definition) is 3. The minimum Gasteiger partial charge on any atom is -0.364 e. The molecule has 1 atom stereocenters. The van der Waals surface area contributed by atoms with Crippen LogP contribution in [-0.2, 0) is 0 Å². The van der Waals surface area contributed by atoms with Crippen LogP contribution in [0.15, 0.2) is 42.4 Å².